The topological polar surface area (TPSA) is 285 Å². The average molecular weight is 1290 g/mol. The highest BCUT2D eigenvalue weighted by Crippen LogP contribution is 2.28. The van der Waals surface area contributed by atoms with Gasteiger partial charge in [0.15, 0.2) is 0 Å². The molecule has 1 saturated heterocycles. The van der Waals surface area contributed by atoms with E-state index in [9.17, 15) is 38.4 Å². The van der Waals surface area contributed by atoms with E-state index in [-0.39, 0.29) is 80.7 Å². The second-order valence-corrected chi connectivity index (χ2v) is 27.7. The first kappa shape index (κ1) is 82.4. The van der Waals surface area contributed by atoms with Gasteiger partial charge in [-0.1, -0.05) is 116 Å². The normalized spacial score (nSPS) is 25.8. The van der Waals surface area contributed by atoms with Gasteiger partial charge < -0.3 is 60.3 Å². The zero-order valence-corrected chi connectivity index (χ0v) is 60.1. The van der Waals surface area contributed by atoms with Gasteiger partial charge in [0.1, 0.15) is 60.4 Å². The molecule has 91 heavy (non-hydrogen) atoms. The van der Waals surface area contributed by atoms with Crippen molar-refractivity contribution in [2.45, 2.75) is 236 Å². The molecule has 24 nitrogen and oxygen atoms in total. The highest BCUT2D eigenvalue weighted by molar-refractivity contribution is 5.99. The summed E-state index contributed by atoms with van der Waals surface area (Å²) in [6, 6.07) is -11.8. The van der Waals surface area contributed by atoms with E-state index >= 15 is 19.2 Å². The third kappa shape index (κ3) is 24.4. The summed E-state index contributed by atoms with van der Waals surface area (Å²) < 4.78 is 5.07. The summed E-state index contributed by atoms with van der Waals surface area (Å²) in [7, 11) is 10.2. The summed E-state index contributed by atoms with van der Waals surface area (Å²) in [5.74, 6) is -9.82. The second kappa shape index (κ2) is 38.4. The predicted octanol–water partition coefficient (Wildman–Crippen LogP) is 4.87. The molecule has 24 heteroatoms. The van der Waals surface area contributed by atoms with Crippen LogP contribution in [0.2, 0.25) is 0 Å². The van der Waals surface area contributed by atoms with Crippen molar-refractivity contribution in [1.82, 2.24) is 55.6 Å². The van der Waals surface area contributed by atoms with Crippen LogP contribution in [0, 0.1) is 47.3 Å². The molecule has 1 aliphatic rings. The molecule has 0 bridgehead atoms. The Hall–Kier alpha value is -6.62. The maximum absolute atomic E-state index is 15.4. The van der Waals surface area contributed by atoms with Crippen LogP contribution in [0.3, 0.4) is 0 Å². The number of carbonyl (C=O) groups is 12. The number of likely N-dealkylation sites (N-methyl/N-ethyl adjacent to an activating group) is 7. The Morgan fingerprint density at radius 3 is 1.38 bits per heavy atom. The maximum atomic E-state index is 15.4. The molecule has 1 fully saturated rings. The summed E-state index contributed by atoms with van der Waals surface area (Å²) in [6.45, 7) is 31.8. The molecular weight excluding hydrogens is 1170 g/mol. The number of amides is 11. The fourth-order valence-electron chi connectivity index (χ4n) is 11.5. The van der Waals surface area contributed by atoms with Crippen LogP contribution in [0.4, 0.5) is 0 Å². The molecule has 0 aromatic heterocycles. The molecule has 520 valence electrons. The molecule has 0 aromatic carbocycles. The van der Waals surface area contributed by atoms with Gasteiger partial charge >= 0.3 is 5.97 Å². The van der Waals surface area contributed by atoms with E-state index in [1.807, 2.05) is 81.4 Å². The van der Waals surface area contributed by atoms with Gasteiger partial charge in [-0.3, -0.25) is 57.5 Å². The highest BCUT2D eigenvalue weighted by atomic mass is 16.5. The van der Waals surface area contributed by atoms with Crippen LogP contribution in [0.25, 0.3) is 0 Å². The van der Waals surface area contributed by atoms with Crippen molar-refractivity contribution in [3.05, 3.63) is 12.2 Å². The fourth-order valence-corrected chi connectivity index (χ4v) is 11.5. The molecule has 1 aliphatic heterocycles. The lowest BCUT2D eigenvalue weighted by Gasteiger charge is -2.42. The number of allylic oxidation sites excluding steroid dienone is 2. The molecule has 0 unspecified atom stereocenters. The van der Waals surface area contributed by atoms with Gasteiger partial charge in [0.2, 0.25) is 65.0 Å². The largest absolute Gasteiger partial charge is 0.466 e. The molecule has 11 amide bonds. The first-order valence-electron chi connectivity index (χ1n) is 33.0. The Labute approximate surface area is 545 Å². The van der Waals surface area contributed by atoms with E-state index in [1.165, 1.54) is 92.6 Å². The summed E-state index contributed by atoms with van der Waals surface area (Å²) >= 11 is 0. The third-order valence-corrected chi connectivity index (χ3v) is 17.3. The number of rotatable bonds is 19. The van der Waals surface area contributed by atoms with Crippen molar-refractivity contribution in [3.8, 4) is 0 Å². The van der Waals surface area contributed by atoms with Crippen LogP contribution in [-0.2, 0) is 62.3 Å². The summed E-state index contributed by atoms with van der Waals surface area (Å²) in [6.07, 6.45) is 5.48. The minimum Gasteiger partial charge on any atom is -0.466 e. The summed E-state index contributed by atoms with van der Waals surface area (Å²) in [5.41, 5.74) is 0. The number of hydrogen-bond acceptors (Lipinski definition) is 13. The number of nitrogens with one attached hydrogen (secondary N) is 4. The molecule has 4 N–H and O–H groups in total. The minimum atomic E-state index is -1.25. The molecule has 12 atom stereocenters. The standard InChI is InChI=1S/C67H119N11O13/c1-26-48-63(86)72(19)37-53(79)73(20)49(33-38(3)4)60(83)71-55(42(11)12)66(89)74(21)50(34-39(5)6)59(82)68-46(17)58(81)69-47(18)62(85)75(22)51(35-40(7)8)64(87)76(23)52(36-41(9)10)65(88)77(24)56(43(13)14)67(90)78(25)57(61(84)70-48)45(16)44(15)31-29-28-30-32-54(80)91-27-2/h28-29,38-52,55-57H,26-27,30-37H2,1-25H3,(H,68,82)(H,69,81)(H,70,84)(H,71,83)/b29-28+/t44-,45-,46+,47-,48+,49+,50+,51+,52+,55+,56+,57+/m1/s1. The van der Waals surface area contributed by atoms with Crippen molar-refractivity contribution in [1.29, 1.82) is 0 Å². The quantitative estimate of drug-likeness (QED) is 0.0994. The monoisotopic (exact) mass is 1290 g/mol. The lowest BCUT2D eigenvalue weighted by Crippen LogP contribution is -2.62. The van der Waals surface area contributed by atoms with Crippen molar-refractivity contribution in [2.75, 3.05) is 62.5 Å². The summed E-state index contributed by atoms with van der Waals surface area (Å²) in [4.78, 5) is 182. The lowest BCUT2D eigenvalue weighted by molar-refractivity contribution is -0.156. The molecule has 0 spiro atoms. The Balaban J connectivity index is 4.35. The third-order valence-electron chi connectivity index (χ3n) is 17.3. The first-order chi connectivity index (χ1) is 42.1. The molecule has 0 aliphatic carbocycles. The van der Waals surface area contributed by atoms with Crippen molar-refractivity contribution in [2.24, 2.45) is 47.3 Å². The van der Waals surface area contributed by atoms with Crippen molar-refractivity contribution >= 4 is 70.9 Å². The van der Waals surface area contributed by atoms with Crippen molar-refractivity contribution < 1.29 is 62.3 Å². The van der Waals surface area contributed by atoms with E-state index in [0.29, 0.717) is 12.8 Å². The molecule has 1 heterocycles. The lowest BCUT2D eigenvalue weighted by atomic mass is 9.84. The molecule has 1 rings (SSSR count). The van der Waals surface area contributed by atoms with Gasteiger partial charge in [-0.2, -0.15) is 0 Å². The van der Waals surface area contributed by atoms with Gasteiger partial charge in [0.25, 0.3) is 0 Å². The van der Waals surface area contributed by atoms with Crippen LogP contribution in [0.1, 0.15) is 176 Å². The zero-order valence-electron chi connectivity index (χ0n) is 60.1. The molecule has 0 radical (unpaired) electrons. The van der Waals surface area contributed by atoms with Gasteiger partial charge in [0, 0.05) is 55.8 Å². The second-order valence-electron chi connectivity index (χ2n) is 27.7. The maximum Gasteiger partial charge on any atom is 0.306 e. The van der Waals surface area contributed by atoms with Crippen molar-refractivity contribution in [3.63, 3.8) is 0 Å². The summed E-state index contributed by atoms with van der Waals surface area (Å²) in [5, 5.41) is 11.2. The predicted molar refractivity (Wildman–Crippen MR) is 352 cm³/mol. The SMILES string of the molecule is CCOC(=O)CC/C=C/C[C@@H](C)[C@@H](C)[C@H]1C(=O)N[C@@H](CC)C(=O)N(C)CC(=O)N(C)[C@@H](CC(C)C)C(=O)N[C@@H](C(C)C)C(=O)N(C)[C@@H](CC(C)C)C(=O)N[C@@H](C)C(=O)N[C@H](C)C(=O)N(C)[C@@H](CC(C)C)C(=O)N(C)[C@@H](CC(C)C)C(=O)N(C)[C@@H](C(C)C)C(=O)N1C. The van der Waals surface area contributed by atoms with Crippen LogP contribution in [-0.4, -0.2) is 228 Å². The smallest absolute Gasteiger partial charge is 0.306 e. The van der Waals surface area contributed by atoms with E-state index in [0.717, 1.165) is 4.90 Å². The van der Waals surface area contributed by atoms with Crippen LogP contribution < -0.4 is 21.3 Å². The average Bonchev–Trinajstić information content (AvgIpc) is 0.993. The Morgan fingerprint density at radius 2 is 0.912 bits per heavy atom. The van der Waals surface area contributed by atoms with Gasteiger partial charge in [0.05, 0.1) is 13.2 Å². The molecular formula is C67H119N11O13. The van der Waals surface area contributed by atoms with E-state index in [2.05, 4.69) is 21.3 Å². The fraction of sp³-hybridized carbons (Fsp3) is 0.791. The highest BCUT2D eigenvalue weighted by Gasteiger charge is 2.45. The van der Waals surface area contributed by atoms with Crippen LogP contribution in [0.5, 0.6) is 0 Å². The van der Waals surface area contributed by atoms with Crippen LogP contribution >= 0.6 is 0 Å². The number of ether oxygens (including phenoxy) is 1. The molecule has 0 aromatic rings. The number of esters is 1. The minimum absolute atomic E-state index is 0.0674. The Bertz CT molecular complexity index is 2500. The van der Waals surface area contributed by atoms with E-state index < -0.39 is 150 Å². The Morgan fingerprint density at radius 1 is 0.473 bits per heavy atom. The number of nitrogens with zero attached hydrogens (tertiary/aromatic N) is 7. The van der Waals surface area contributed by atoms with Gasteiger partial charge in [-0.25, -0.2) is 0 Å². The number of hydrogen-bond donors (Lipinski definition) is 4. The zero-order chi connectivity index (χ0) is 70.4. The molecule has 0 saturated carbocycles. The van der Waals surface area contributed by atoms with Crippen LogP contribution in [0.15, 0.2) is 12.2 Å². The van der Waals surface area contributed by atoms with Gasteiger partial charge in [-0.15, -0.1) is 0 Å². The van der Waals surface area contributed by atoms with Gasteiger partial charge in [-0.05, 0) is 113 Å². The number of carbonyl (C=O) groups excluding carboxylic acids is 12. The first-order valence-corrected chi connectivity index (χ1v) is 33.0. The Kier molecular flexibility index (Phi) is 34.8. The van der Waals surface area contributed by atoms with E-state index in [1.54, 1.807) is 41.5 Å². The van der Waals surface area contributed by atoms with E-state index in [4.69, 9.17) is 4.74 Å².